The fourth-order valence-electron chi connectivity index (χ4n) is 6.37. The summed E-state index contributed by atoms with van der Waals surface area (Å²) in [6.07, 6.45) is -7.83. The summed E-state index contributed by atoms with van der Waals surface area (Å²) in [5.41, 5.74) is 4.02. The molecule has 2 N–H and O–H groups in total. The topological polar surface area (TPSA) is 210 Å². The Balaban J connectivity index is 1.57. The minimum absolute atomic E-state index is 0.0256. The van der Waals surface area contributed by atoms with Gasteiger partial charge < -0.3 is 53.3 Å². The van der Waals surface area contributed by atoms with Gasteiger partial charge in [-0.15, -0.1) is 0 Å². The molecule has 300 valence electrons. The third kappa shape index (κ3) is 11.9. The number of benzene rings is 2. The van der Waals surface area contributed by atoms with Crippen LogP contribution in [0.25, 0.3) is 11.1 Å². The van der Waals surface area contributed by atoms with Crippen LogP contribution in [-0.4, -0.2) is 125 Å². The van der Waals surface area contributed by atoms with Gasteiger partial charge in [-0.3, -0.25) is 19.2 Å². The van der Waals surface area contributed by atoms with Gasteiger partial charge in [0.2, 0.25) is 5.91 Å². The molecule has 1 saturated heterocycles. The Labute approximate surface area is 318 Å². The summed E-state index contributed by atoms with van der Waals surface area (Å²) in [6, 6.07) is 12.7. The maximum Gasteiger partial charge on any atom is 0.407 e. The normalized spacial score (nSPS) is 21.2. The lowest BCUT2D eigenvalue weighted by molar-refractivity contribution is -0.288. The van der Waals surface area contributed by atoms with Gasteiger partial charge in [-0.1, -0.05) is 48.5 Å². The molecule has 0 aromatic heterocycles. The molecule has 7 atom stereocenters. The van der Waals surface area contributed by atoms with Crippen LogP contribution in [0.2, 0.25) is 0 Å². The first-order valence-corrected chi connectivity index (χ1v) is 17.7. The van der Waals surface area contributed by atoms with E-state index in [4.69, 9.17) is 42.6 Å². The lowest BCUT2D eigenvalue weighted by Gasteiger charge is -2.45. The summed E-state index contributed by atoms with van der Waals surface area (Å²) in [7, 11) is 1.51. The minimum Gasteiger partial charge on any atom is -0.463 e. The summed E-state index contributed by atoms with van der Waals surface area (Å²) in [5, 5.41) is 5.13. The molecular weight excluding hydrogens is 724 g/mol. The molecule has 2 aromatic carbocycles. The van der Waals surface area contributed by atoms with E-state index in [1.807, 2.05) is 48.5 Å². The van der Waals surface area contributed by atoms with Gasteiger partial charge in [0.1, 0.15) is 32.0 Å². The number of amides is 2. The van der Waals surface area contributed by atoms with Crippen LogP contribution < -0.4 is 10.6 Å². The fourth-order valence-corrected chi connectivity index (χ4v) is 6.37. The van der Waals surface area contributed by atoms with Crippen LogP contribution in [0.5, 0.6) is 0 Å². The first kappa shape index (κ1) is 42.6. The molecule has 0 unspecified atom stereocenters. The molecule has 2 aliphatic rings. The van der Waals surface area contributed by atoms with Crippen molar-refractivity contribution in [1.82, 2.24) is 10.6 Å². The molecular formula is C38H48N2O15. The lowest BCUT2D eigenvalue weighted by atomic mass is 9.95. The molecule has 0 radical (unpaired) electrons. The summed E-state index contributed by atoms with van der Waals surface area (Å²) < 4.78 is 49.8. The molecule has 0 saturated carbocycles. The van der Waals surface area contributed by atoms with Crippen molar-refractivity contribution in [2.75, 3.05) is 46.8 Å². The Morgan fingerprint density at radius 1 is 0.727 bits per heavy atom. The van der Waals surface area contributed by atoms with Gasteiger partial charge in [0.25, 0.3) is 0 Å². The standard InChI is InChI=1S/C38H48N2O15/c1-21(52-37-33(39-22(2)41)35(54-25(5)44)34(53-24(4)43)31(55-37)20-50-23(3)42)32(36(45)49-18-17-48-16-15-47-6)40-38(46)51-19-30-28-13-9-7-11-26(28)27-12-8-10-14-29(27)30/h7-14,21,30-35,37H,15-20H2,1-6H3,(H,39,41)(H,40,46)/t21-,31+,32-,33+,34-,35+,37-/m0/s1. The van der Waals surface area contributed by atoms with E-state index >= 15 is 0 Å². The second-order valence-electron chi connectivity index (χ2n) is 12.8. The van der Waals surface area contributed by atoms with Crippen molar-refractivity contribution < 1.29 is 71.4 Å². The molecule has 1 fully saturated rings. The van der Waals surface area contributed by atoms with Crippen molar-refractivity contribution >= 4 is 35.9 Å². The minimum atomic E-state index is -1.53. The number of esters is 4. The van der Waals surface area contributed by atoms with E-state index in [0.717, 1.165) is 43.0 Å². The maximum atomic E-state index is 13.6. The predicted octanol–water partition coefficient (Wildman–Crippen LogP) is 2.16. The zero-order chi connectivity index (χ0) is 40.1. The van der Waals surface area contributed by atoms with Crippen molar-refractivity contribution in [3.8, 4) is 11.1 Å². The smallest absolute Gasteiger partial charge is 0.407 e. The molecule has 0 spiro atoms. The number of rotatable bonds is 18. The zero-order valence-electron chi connectivity index (χ0n) is 31.6. The Morgan fingerprint density at radius 2 is 1.33 bits per heavy atom. The van der Waals surface area contributed by atoms with Crippen LogP contribution in [0.3, 0.4) is 0 Å². The van der Waals surface area contributed by atoms with Crippen LogP contribution in [0.4, 0.5) is 4.79 Å². The van der Waals surface area contributed by atoms with Gasteiger partial charge in [-0.2, -0.15) is 0 Å². The Kier molecular flexibility index (Phi) is 15.9. The number of carbonyl (C=O) groups excluding carboxylic acids is 6. The van der Waals surface area contributed by atoms with Crippen LogP contribution in [0, 0.1) is 0 Å². The quantitative estimate of drug-likeness (QED) is 0.126. The molecule has 0 bridgehead atoms. The number of methoxy groups -OCH3 is 1. The first-order valence-electron chi connectivity index (χ1n) is 17.7. The van der Waals surface area contributed by atoms with Gasteiger partial charge in [-0.05, 0) is 29.2 Å². The molecule has 17 nitrogen and oxygen atoms in total. The number of ether oxygens (including phenoxy) is 9. The highest BCUT2D eigenvalue weighted by Gasteiger charge is 2.52. The van der Waals surface area contributed by atoms with Crippen molar-refractivity contribution in [2.24, 2.45) is 0 Å². The Hall–Kier alpha value is -5.10. The van der Waals surface area contributed by atoms with E-state index in [-0.39, 0.29) is 32.3 Å². The summed E-state index contributed by atoms with van der Waals surface area (Å²) >= 11 is 0. The first-order chi connectivity index (χ1) is 26.3. The SMILES string of the molecule is COCCOCCOC(=O)[C@@H](NC(=O)OCC1c2ccccc2-c2ccccc21)[C@H](C)O[C@H]1O[C@H](COC(C)=O)[C@H](OC(C)=O)[C@H](OC(C)=O)[C@H]1NC(C)=O. The Morgan fingerprint density at radius 3 is 1.91 bits per heavy atom. The average Bonchev–Trinajstić information content (AvgIpc) is 3.45. The second-order valence-corrected chi connectivity index (χ2v) is 12.8. The number of nitrogens with one attached hydrogen (secondary N) is 2. The van der Waals surface area contributed by atoms with Crippen molar-refractivity contribution in [3.05, 3.63) is 59.7 Å². The second kappa shape index (κ2) is 20.5. The molecule has 1 aliphatic carbocycles. The predicted molar refractivity (Wildman–Crippen MR) is 190 cm³/mol. The summed E-state index contributed by atoms with van der Waals surface area (Å²) in [6.45, 7) is 5.87. The van der Waals surface area contributed by atoms with E-state index in [0.29, 0.717) is 6.61 Å². The molecule has 2 aromatic rings. The van der Waals surface area contributed by atoms with Crippen LogP contribution >= 0.6 is 0 Å². The number of fused-ring (bicyclic) bond motifs is 3. The van der Waals surface area contributed by atoms with Crippen molar-refractivity contribution in [2.45, 2.75) is 83.3 Å². The number of hydrogen-bond donors (Lipinski definition) is 2. The molecule has 17 heteroatoms. The highest BCUT2D eigenvalue weighted by molar-refractivity contribution is 5.82. The van der Waals surface area contributed by atoms with E-state index in [2.05, 4.69) is 10.6 Å². The molecule has 1 aliphatic heterocycles. The molecule has 1 heterocycles. The monoisotopic (exact) mass is 772 g/mol. The van der Waals surface area contributed by atoms with Crippen molar-refractivity contribution in [1.29, 1.82) is 0 Å². The van der Waals surface area contributed by atoms with Gasteiger partial charge in [-0.25, -0.2) is 9.59 Å². The van der Waals surface area contributed by atoms with Crippen molar-refractivity contribution in [3.63, 3.8) is 0 Å². The van der Waals surface area contributed by atoms with Crippen LogP contribution in [-0.2, 0) is 66.6 Å². The Bertz CT molecular complexity index is 1620. The van der Waals surface area contributed by atoms with Crippen LogP contribution in [0.15, 0.2) is 48.5 Å². The third-order valence-corrected chi connectivity index (χ3v) is 8.66. The molecule has 55 heavy (non-hydrogen) atoms. The van der Waals surface area contributed by atoms with E-state index in [1.165, 1.54) is 21.0 Å². The van der Waals surface area contributed by atoms with Gasteiger partial charge in [0, 0.05) is 40.7 Å². The van der Waals surface area contributed by atoms with Gasteiger partial charge in [0.15, 0.2) is 24.5 Å². The van der Waals surface area contributed by atoms with Gasteiger partial charge in [0.05, 0.1) is 25.9 Å². The lowest BCUT2D eigenvalue weighted by Crippen LogP contribution is -2.67. The van der Waals surface area contributed by atoms with Crippen LogP contribution in [0.1, 0.15) is 51.7 Å². The van der Waals surface area contributed by atoms with Gasteiger partial charge >= 0.3 is 30.0 Å². The maximum absolute atomic E-state index is 13.6. The molecule has 2 amide bonds. The average molecular weight is 773 g/mol. The highest BCUT2D eigenvalue weighted by atomic mass is 16.7. The molecule has 4 rings (SSSR count). The summed E-state index contributed by atoms with van der Waals surface area (Å²) in [4.78, 5) is 75.6. The van der Waals surface area contributed by atoms with E-state index < -0.39 is 85.3 Å². The fraction of sp³-hybridized carbons (Fsp3) is 0.526. The number of carbonyl (C=O) groups is 6. The highest BCUT2D eigenvalue weighted by Crippen LogP contribution is 2.44. The number of alkyl carbamates (subject to hydrolysis) is 1. The summed E-state index contributed by atoms with van der Waals surface area (Å²) in [5.74, 6) is -4.07. The van der Waals surface area contributed by atoms with E-state index in [1.54, 1.807) is 0 Å². The number of hydrogen-bond acceptors (Lipinski definition) is 15. The largest absolute Gasteiger partial charge is 0.463 e. The zero-order valence-corrected chi connectivity index (χ0v) is 31.6. The third-order valence-electron chi connectivity index (χ3n) is 8.66. The van der Waals surface area contributed by atoms with E-state index in [9.17, 15) is 28.8 Å².